The van der Waals surface area contributed by atoms with Gasteiger partial charge in [-0.15, -0.1) is 0 Å². The molecule has 2 saturated heterocycles. The Bertz CT molecular complexity index is 815. The number of carbonyl (C=O) groups is 4. The summed E-state index contributed by atoms with van der Waals surface area (Å²) in [5.41, 5.74) is 3.23. The van der Waals surface area contributed by atoms with Gasteiger partial charge < -0.3 is 18.9 Å². The first-order valence-corrected chi connectivity index (χ1v) is 9.23. The molecule has 2 fully saturated rings. The van der Waals surface area contributed by atoms with Crippen LogP contribution in [0.4, 0.5) is 0 Å². The van der Waals surface area contributed by atoms with E-state index in [-0.39, 0.29) is 0 Å². The fourth-order valence-electron chi connectivity index (χ4n) is 5.21. The van der Waals surface area contributed by atoms with Gasteiger partial charge in [-0.3, -0.25) is 19.2 Å². The maximum atomic E-state index is 12.1. The lowest BCUT2D eigenvalue weighted by Crippen LogP contribution is -2.32. The second-order valence-electron chi connectivity index (χ2n) is 7.70. The molecule has 8 heteroatoms. The number of esters is 4. The number of cyclic esters (lactones) is 4. The highest BCUT2D eigenvalue weighted by Crippen LogP contribution is 2.51. The molecule has 1 aromatic carbocycles. The number of ether oxygens (including phenoxy) is 4. The van der Waals surface area contributed by atoms with Crippen molar-refractivity contribution >= 4 is 23.9 Å². The third-order valence-electron chi connectivity index (χ3n) is 6.51. The molecule has 4 atom stereocenters. The summed E-state index contributed by atoms with van der Waals surface area (Å²) in [6.07, 6.45) is 1.26. The lowest BCUT2D eigenvalue weighted by atomic mass is 9.70. The van der Waals surface area contributed by atoms with E-state index >= 15 is 0 Å². The number of hydrogen-bond donors (Lipinski definition) is 0. The second kappa shape index (κ2) is 5.80. The molecule has 0 aromatic heterocycles. The molecular formula is C20H18O8. The minimum atomic E-state index is -0.536. The molecule has 2 aliphatic heterocycles. The topological polar surface area (TPSA) is 105 Å². The summed E-state index contributed by atoms with van der Waals surface area (Å²) in [4.78, 5) is 48.3. The molecule has 0 spiro atoms. The number of rotatable bonds is 2. The van der Waals surface area contributed by atoms with Crippen LogP contribution in [0.5, 0.6) is 11.5 Å². The van der Waals surface area contributed by atoms with Crippen LogP contribution in [0.2, 0.25) is 0 Å². The van der Waals surface area contributed by atoms with Crippen molar-refractivity contribution in [2.45, 2.75) is 25.7 Å². The van der Waals surface area contributed by atoms with Crippen molar-refractivity contribution in [2.75, 3.05) is 14.2 Å². The van der Waals surface area contributed by atoms with E-state index in [4.69, 9.17) is 18.9 Å². The summed E-state index contributed by atoms with van der Waals surface area (Å²) < 4.78 is 21.1. The Morgan fingerprint density at radius 3 is 1.04 bits per heavy atom. The van der Waals surface area contributed by atoms with Gasteiger partial charge in [0.05, 0.1) is 37.9 Å². The zero-order chi connectivity index (χ0) is 19.7. The molecule has 4 unspecified atom stereocenters. The van der Waals surface area contributed by atoms with E-state index < -0.39 is 47.5 Å². The molecule has 0 bridgehead atoms. The molecule has 0 radical (unpaired) electrons. The lowest BCUT2D eigenvalue weighted by Gasteiger charge is -2.33. The Labute approximate surface area is 160 Å². The molecular weight excluding hydrogens is 368 g/mol. The minimum Gasteiger partial charge on any atom is -0.496 e. The first-order chi connectivity index (χ1) is 13.4. The molecule has 0 N–H and O–H groups in total. The number of benzene rings is 1. The third-order valence-corrected chi connectivity index (χ3v) is 6.51. The zero-order valence-corrected chi connectivity index (χ0v) is 15.4. The highest BCUT2D eigenvalue weighted by Gasteiger charge is 2.52. The standard InChI is InChI=1S/C20H18O8/c1-25-15-7-3-11-13(19(23)27-17(11)21)5-9(7)16(26-2)10-6-14-12(4-8(10)15)18(22)28-20(14)24/h11-14H,3-6H2,1-2H3. The normalized spacial score (nSPS) is 30.1. The Balaban J connectivity index is 1.69. The smallest absolute Gasteiger partial charge is 0.317 e. The maximum Gasteiger partial charge on any atom is 0.317 e. The largest absolute Gasteiger partial charge is 0.496 e. The van der Waals surface area contributed by atoms with Crippen molar-refractivity contribution < 1.29 is 38.1 Å². The Hall–Kier alpha value is -2.90. The van der Waals surface area contributed by atoms with Gasteiger partial charge in [0.1, 0.15) is 11.5 Å². The van der Waals surface area contributed by atoms with Crippen molar-refractivity contribution in [1.29, 1.82) is 0 Å². The van der Waals surface area contributed by atoms with E-state index in [1.54, 1.807) is 0 Å². The summed E-state index contributed by atoms with van der Waals surface area (Å²) >= 11 is 0. The highest BCUT2D eigenvalue weighted by molar-refractivity contribution is 5.98. The number of methoxy groups -OCH3 is 2. The molecule has 146 valence electrons. The van der Waals surface area contributed by atoms with Crippen molar-refractivity contribution in [1.82, 2.24) is 0 Å². The van der Waals surface area contributed by atoms with E-state index in [0.717, 1.165) is 22.3 Å². The summed E-state index contributed by atoms with van der Waals surface area (Å²) in [7, 11) is 3.08. The average molecular weight is 386 g/mol. The predicted octanol–water partition coefficient (Wildman–Crippen LogP) is 0.533. The van der Waals surface area contributed by atoms with E-state index in [1.807, 2.05) is 0 Å². The van der Waals surface area contributed by atoms with Gasteiger partial charge in [-0.25, -0.2) is 0 Å². The van der Waals surface area contributed by atoms with Gasteiger partial charge in [0.15, 0.2) is 0 Å². The Kier molecular flexibility index (Phi) is 3.56. The average Bonchev–Trinajstić information content (AvgIpc) is 3.11. The third kappa shape index (κ3) is 2.11. The van der Waals surface area contributed by atoms with Gasteiger partial charge in [-0.2, -0.15) is 0 Å². The Morgan fingerprint density at radius 1 is 0.571 bits per heavy atom. The summed E-state index contributed by atoms with van der Waals surface area (Å²) in [5, 5.41) is 0. The Morgan fingerprint density at radius 2 is 0.821 bits per heavy atom. The van der Waals surface area contributed by atoms with Gasteiger partial charge in [-0.1, -0.05) is 0 Å². The van der Waals surface area contributed by atoms with Crippen molar-refractivity contribution in [3.8, 4) is 11.5 Å². The fraction of sp³-hybridized carbons (Fsp3) is 0.500. The van der Waals surface area contributed by atoms with Crippen LogP contribution in [0.15, 0.2) is 0 Å². The van der Waals surface area contributed by atoms with Gasteiger partial charge in [0, 0.05) is 22.3 Å². The highest BCUT2D eigenvalue weighted by atomic mass is 16.6. The second-order valence-corrected chi connectivity index (χ2v) is 7.70. The number of fused-ring (bicyclic) bond motifs is 4. The van der Waals surface area contributed by atoms with Crippen LogP contribution < -0.4 is 9.47 Å². The van der Waals surface area contributed by atoms with Crippen LogP contribution in [0.3, 0.4) is 0 Å². The summed E-state index contributed by atoms with van der Waals surface area (Å²) in [5.74, 6) is -2.99. The SMILES string of the molecule is COc1c2c(c(OC)c3c1CC1C(=O)OC(=O)C1C3)CC1C(=O)OC(=O)C1C2. The summed E-state index contributed by atoms with van der Waals surface area (Å²) in [6.45, 7) is 0. The first kappa shape index (κ1) is 17.2. The quantitative estimate of drug-likeness (QED) is 0.536. The van der Waals surface area contributed by atoms with Crippen LogP contribution in [0, 0.1) is 23.7 Å². The van der Waals surface area contributed by atoms with E-state index in [0.29, 0.717) is 37.2 Å². The molecule has 5 rings (SSSR count). The molecule has 0 saturated carbocycles. The van der Waals surface area contributed by atoms with Crippen molar-refractivity contribution in [3.63, 3.8) is 0 Å². The predicted molar refractivity (Wildman–Crippen MR) is 90.5 cm³/mol. The van der Waals surface area contributed by atoms with E-state index in [2.05, 4.69) is 0 Å². The fourth-order valence-corrected chi connectivity index (χ4v) is 5.21. The van der Waals surface area contributed by atoms with Gasteiger partial charge in [-0.05, 0) is 25.7 Å². The van der Waals surface area contributed by atoms with Crippen LogP contribution in [0.1, 0.15) is 22.3 Å². The first-order valence-electron chi connectivity index (χ1n) is 9.23. The van der Waals surface area contributed by atoms with Crippen LogP contribution in [-0.2, 0) is 54.3 Å². The summed E-state index contributed by atoms with van der Waals surface area (Å²) in [6, 6.07) is 0. The zero-order valence-electron chi connectivity index (χ0n) is 15.4. The molecule has 0 amide bonds. The molecule has 8 nitrogen and oxygen atoms in total. The monoisotopic (exact) mass is 386 g/mol. The van der Waals surface area contributed by atoms with Crippen molar-refractivity contribution in [3.05, 3.63) is 22.3 Å². The van der Waals surface area contributed by atoms with Crippen LogP contribution in [0.25, 0.3) is 0 Å². The number of hydrogen-bond acceptors (Lipinski definition) is 8. The maximum absolute atomic E-state index is 12.1. The van der Waals surface area contributed by atoms with Gasteiger partial charge >= 0.3 is 23.9 Å². The van der Waals surface area contributed by atoms with Gasteiger partial charge in [0.25, 0.3) is 0 Å². The molecule has 28 heavy (non-hydrogen) atoms. The lowest BCUT2D eigenvalue weighted by molar-refractivity contribution is -0.155. The minimum absolute atomic E-state index is 0.314. The van der Waals surface area contributed by atoms with E-state index in [9.17, 15) is 19.2 Å². The van der Waals surface area contributed by atoms with Crippen LogP contribution >= 0.6 is 0 Å². The molecule has 1 aromatic rings. The van der Waals surface area contributed by atoms with Gasteiger partial charge in [0.2, 0.25) is 0 Å². The van der Waals surface area contributed by atoms with E-state index in [1.165, 1.54) is 14.2 Å². The molecule has 2 heterocycles. The molecule has 4 aliphatic rings. The van der Waals surface area contributed by atoms with Crippen molar-refractivity contribution in [2.24, 2.45) is 23.7 Å². The molecule has 2 aliphatic carbocycles. The number of carbonyl (C=O) groups excluding carboxylic acids is 4. The van der Waals surface area contributed by atoms with Crippen LogP contribution in [-0.4, -0.2) is 38.1 Å².